The third kappa shape index (κ3) is 4.98. The summed E-state index contributed by atoms with van der Waals surface area (Å²) in [6.45, 7) is 7.28. The number of pyridine rings is 1. The number of benzene rings is 1. The molecule has 2 rings (SSSR count). The Hall–Kier alpha value is -2.50. The summed E-state index contributed by atoms with van der Waals surface area (Å²) in [6.07, 6.45) is 1.42. The molecule has 0 spiro atoms. The smallest absolute Gasteiger partial charge is 0.314 e. The quantitative estimate of drug-likeness (QED) is 0.721. The van der Waals surface area contributed by atoms with E-state index in [2.05, 4.69) is 29.5 Å². The van der Waals surface area contributed by atoms with Gasteiger partial charge in [-0.1, -0.05) is 19.9 Å². The van der Waals surface area contributed by atoms with Crippen LogP contribution in [0.2, 0.25) is 0 Å². The molecule has 0 atom stereocenters. The number of carbonyl (C=O) groups is 1. The lowest BCUT2D eigenvalue weighted by Crippen LogP contribution is -2.37. The molecule has 2 amide bonds. The fourth-order valence-electron chi connectivity index (χ4n) is 2.66. The van der Waals surface area contributed by atoms with Gasteiger partial charge in [0, 0.05) is 24.0 Å². The first-order valence-electron chi connectivity index (χ1n) is 8.63. The molecule has 0 unspecified atom stereocenters. The van der Waals surface area contributed by atoms with E-state index in [-0.39, 0.29) is 11.6 Å². The van der Waals surface area contributed by atoms with Crippen LogP contribution in [-0.2, 0) is 6.42 Å². The molecule has 0 saturated carbocycles. The van der Waals surface area contributed by atoms with Crippen molar-refractivity contribution >= 4 is 16.9 Å². The fraction of sp³-hybridized carbons (Fsp3) is 0.474. The lowest BCUT2D eigenvalue weighted by molar-refractivity contribution is 0.240. The Labute approximate surface area is 148 Å². The molecule has 0 aliphatic rings. The molecular formula is C19H27N3O3. The predicted octanol–water partition coefficient (Wildman–Crippen LogP) is 2.73. The monoisotopic (exact) mass is 345 g/mol. The largest absolute Gasteiger partial charge is 0.495 e. The van der Waals surface area contributed by atoms with Gasteiger partial charge in [0.15, 0.2) is 0 Å². The van der Waals surface area contributed by atoms with E-state index in [1.54, 1.807) is 7.11 Å². The molecule has 0 aliphatic heterocycles. The summed E-state index contributed by atoms with van der Waals surface area (Å²) in [7, 11) is 1.58. The van der Waals surface area contributed by atoms with E-state index in [0.29, 0.717) is 42.3 Å². The van der Waals surface area contributed by atoms with Crippen molar-refractivity contribution < 1.29 is 9.53 Å². The summed E-state index contributed by atoms with van der Waals surface area (Å²) in [4.78, 5) is 26.9. The Balaban J connectivity index is 2.02. The highest BCUT2D eigenvalue weighted by molar-refractivity contribution is 5.87. The van der Waals surface area contributed by atoms with Gasteiger partial charge in [-0.3, -0.25) is 4.79 Å². The molecule has 2 aromatic rings. The molecule has 25 heavy (non-hydrogen) atoms. The van der Waals surface area contributed by atoms with Gasteiger partial charge in [-0.05, 0) is 43.4 Å². The van der Waals surface area contributed by atoms with Crippen molar-refractivity contribution in [2.75, 3.05) is 20.2 Å². The fourth-order valence-corrected chi connectivity index (χ4v) is 2.66. The second-order valence-electron chi connectivity index (χ2n) is 6.61. The molecule has 136 valence electrons. The third-order valence-electron chi connectivity index (χ3n) is 4.18. The number of aromatic nitrogens is 1. The van der Waals surface area contributed by atoms with Crippen molar-refractivity contribution in [2.24, 2.45) is 5.92 Å². The topological polar surface area (TPSA) is 83.2 Å². The first kappa shape index (κ1) is 18.8. The molecular weight excluding hydrogens is 318 g/mol. The van der Waals surface area contributed by atoms with Crippen LogP contribution in [0.1, 0.15) is 31.4 Å². The van der Waals surface area contributed by atoms with Crippen LogP contribution < -0.4 is 20.9 Å². The number of aromatic amines is 1. The molecule has 6 heteroatoms. The number of amides is 2. The number of hydrogen-bond donors (Lipinski definition) is 3. The first-order chi connectivity index (χ1) is 11.9. The SMILES string of the molecule is COc1ccc(C)c2cc(CCNC(=O)NCCC(C)C)c(=O)[nH]c12. The van der Waals surface area contributed by atoms with E-state index in [9.17, 15) is 9.59 Å². The van der Waals surface area contributed by atoms with Crippen LogP contribution in [0.4, 0.5) is 4.79 Å². The summed E-state index contributed by atoms with van der Waals surface area (Å²) in [5.41, 5.74) is 2.26. The molecule has 0 aliphatic carbocycles. The number of fused-ring (bicyclic) bond motifs is 1. The van der Waals surface area contributed by atoms with E-state index in [1.807, 2.05) is 25.1 Å². The summed E-state index contributed by atoms with van der Waals surface area (Å²) < 4.78 is 5.31. The van der Waals surface area contributed by atoms with Crippen LogP contribution in [0.15, 0.2) is 23.0 Å². The average molecular weight is 345 g/mol. The lowest BCUT2D eigenvalue weighted by atomic mass is 10.1. The van der Waals surface area contributed by atoms with Gasteiger partial charge in [-0.25, -0.2) is 4.79 Å². The second-order valence-corrected chi connectivity index (χ2v) is 6.61. The van der Waals surface area contributed by atoms with Crippen molar-refractivity contribution in [2.45, 2.75) is 33.6 Å². The number of hydrogen-bond acceptors (Lipinski definition) is 3. The first-order valence-corrected chi connectivity index (χ1v) is 8.63. The molecule has 1 aromatic heterocycles. The Morgan fingerprint density at radius 2 is 1.96 bits per heavy atom. The number of ether oxygens (including phenoxy) is 1. The molecule has 0 saturated heterocycles. The summed E-state index contributed by atoms with van der Waals surface area (Å²) in [5.74, 6) is 1.20. The van der Waals surface area contributed by atoms with Crippen molar-refractivity contribution in [3.63, 3.8) is 0 Å². The van der Waals surface area contributed by atoms with Crippen molar-refractivity contribution in [1.29, 1.82) is 0 Å². The van der Waals surface area contributed by atoms with Crippen LogP contribution in [0.25, 0.3) is 10.9 Å². The normalized spacial score (nSPS) is 10.9. The highest BCUT2D eigenvalue weighted by Crippen LogP contribution is 2.25. The zero-order valence-electron chi connectivity index (χ0n) is 15.4. The van der Waals surface area contributed by atoms with E-state index in [4.69, 9.17) is 4.74 Å². The molecule has 1 aromatic carbocycles. The van der Waals surface area contributed by atoms with Crippen LogP contribution >= 0.6 is 0 Å². The standard InChI is InChI=1S/C19H27N3O3/c1-12(2)7-9-20-19(24)21-10-8-14-11-15-13(3)5-6-16(25-4)17(15)22-18(14)23/h5-6,11-12H,7-10H2,1-4H3,(H,22,23)(H2,20,21,24). The van der Waals surface area contributed by atoms with Gasteiger partial charge in [0.2, 0.25) is 0 Å². The van der Waals surface area contributed by atoms with Crippen LogP contribution in [0.3, 0.4) is 0 Å². The van der Waals surface area contributed by atoms with Gasteiger partial charge in [-0.2, -0.15) is 0 Å². The zero-order chi connectivity index (χ0) is 18.4. The number of urea groups is 1. The molecule has 3 N–H and O–H groups in total. The van der Waals surface area contributed by atoms with Gasteiger partial charge < -0.3 is 20.4 Å². The van der Waals surface area contributed by atoms with E-state index in [1.165, 1.54) is 0 Å². The highest BCUT2D eigenvalue weighted by atomic mass is 16.5. The minimum absolute atomic E-state index is 0.154. The number of H-pyrrole nitrogens is 1. The average Bonchev–Trinajstić information content (AvgIpc) is 2.56. The molecule has 0 bridgehead atoms. The third-order valence-corrected chi connectivity index (χ3v) is 4.18. The Morgan fingerprint density at radius 1 is 1.24 bits per heavy atom. The van der Waals surface area contributed by atoms with Crippen LogP contribution in [0.5, 0.6) is 5.75 Å². The van der Waals surface area contributed by atoms with Crippen molar-refractivity contribution in [1.82, 2.24) is 15.6 Å². The maximum Gasteiger partial charge on any atom is 0.314 e. The molecule has 0 fully saturated rings. The summed E-state index contributed by atoms with van der Waals surface area (Å²) in [5, 5.41) is 6.56. The molecule has 6 nitrogen and oxygen atoms in total. The Kier molecular flexibility index (Phi) is 6.44. The second kappa shape index (κ2) is 8.55. The Morgan fingerprint density at radius 3 is 2.64 bits per heavy atom. The molecule has 0 radical (unpaired) electrons. The van der Waals surface area contributed by atoms with E-state index >= 15 is 0 Å². The molecule has 1 heterocycles. The highest BCUT2D eigenvalue weighted by Gasteiger charge is 2.09. The maximum absolute atomic E-state index is 12.3. The lowest BCUT2D eigenvalue weighted by Gasteiger charge is -2.11. The zero-order valence-corrected chi connectivity index (χ0v) is 15.4. The van der Waals surface area contributed by atoms with Crippen molar-refractivity contribution in [3.05, 3.63) is 39.7 Å². The Bertz CT molecular complexity index is 796. The summed E-state index contributed by atoms with van der Waals surface area (Å²) in [6, 6.07) is 5.49. The number of methoxy groups -OCH3 is 1. The number of carbonyl (C=O) groups excluding carboxylic acids is 1. The minimum Gasteiger partial charge on any atom is -0.495 e. The van der Waals surface area contributed by atoms with Gasteiger partial charge in [0.25, 0.3) is 5.56 Å². The van der Waals surface area contributed by atoms with E-state index < -0.39 is 0 Å². The van der Waals surface area contributed by atoms with Gasteiger partial charge in [-0.15, -0.1) is 0 Å². The number of nitrogens with one attached hydrogen (secondary N) is 3. The maximum atomic E-state index is 12.3. The van der Waals surface area contributed by atoms with Gasteiger partial charge >= 0.3 is 6.03 Å². The van der Waals surface area contributed by atoms with Gasteiger partial charge in [0.05, 0.1) is 12.6 Å². The van der Waals surface area contributed by atoms with Gasteiger partial charge in [0.1, 0.15) is 5.75 Å². The number of rotatable bonds is 7. The predicted molar refractivity (Wildman–Crippen MR) is 100 cm³/mol. The number of aryl methyl sites for hydroxylation is 1. The van der Waals surface area contributed by atoms with Crippen LogP contribution in [0, 0.1) is 12.8 Å². The van der Waals surface area contributed by atoms with Crippen molar-refractivity contribution in [3.8, 4) is 5.75 Å². The van der Waals surface area contributed by atoms with E-state index in [0.717, 1.165) is 17.4 Å². The minimum atomic E-state index is -0.198. The summed E-state index contributed by atoms with van der Waals surface area (Å²) >= 11 is 0. The van der Waals surface area contributed by atoms with Crippen LogP contribution in [-0.4, -0.2) is 31.2 Å².